The minimum absolute atomic E-state index is 0. The van der Waals surface area contributed by atoms with E-state index in [1.54, 1.807) is 0 Å². The van der Waals surface area contributed by atoms with Crippen LogP contribution in [0.3, 0.4) is 0 Å². The number of anilines is 4. The van der Waals surface area contributed by atoms with Crippen molar-refractivity contribution >= 4 is 68.2 Å². The molecule has 0 fully saturated rings. The van der Waals surface area contributed by atoms with Crippen LogP contribution in [0.25, 0.3) is 61.0 Å². The molecule has 0 N–H and O–H groups in total. The van der Waals surface area contributed by atoms with Crippen molar-refractivity contribution in [3.05, 3.63) is 242 Å². The maximum Gasteiger partial charge on any atom is 0.135 e. The average Bonchev–Trinajstić information content (AvgIpc) is 4.10. The Labute approximate surface area is 462 Å². The van der Waals surface area contributed by atoms with Crippen LogP contribution >= 0.6 is 0 Å². The number of hydrogen-bond acceptors (Lipinski definition) is 4. The molecule has 4 heterocycles. The molecule has 2 aromatic heterocycles. The van der Waals surface area contributed by atoms with Gasteiger partial charge >= 0.3 is 0 Å². The van der Waals surface area contributed by atoms with Gasteiger partial charge in [-0.25, -0.2) is 4.98 Å². The Kier molecular flexibility index (Phi) is 12.2. The predicted octanol–water partition coefficient (Wildman–Crippen LogP) is 16.0. The molecule has 376 valence electrons. The van der Waals surface area contributed by atoms with E-state index in [2.05, 4.69) is 281 Å². The normalized spacial score (nSPS) is 13.6. The molecule has 13 rings (SSSR count). The molecule has 7 heteroatoms. The fourth-order valence-corrected chi connectivity index (χ4v) is 15.7. The number of fused-ring (bicyclic) bond motifs is 7. The van der Waals surface area contributed by atoms with Gasteiger partial charge in [0.2, 0.25) is 0 Å². The van der Waals surface area contributed by atoms with Gasteiger partial charge in [0, 0.05) is 72.5 Å². The Balaban J connectivity index is 0.00000582. The summed E-state index contributed by atoms with van der Waals surface area (Å²) in [6.45, 7) is 18.4. The van der Waals surface area contributed by atoms with Gasteiger partial charge in [-0.2, -0.15) is 11.3 Å². The van der Waals surface area contributed by atoms with Crippen LogP contribution in [0, 0.1) is 18.8 Å². The van der Waals surface area contributed by atoms with E-state index in [0.29, 0.717) is 11.5 Å². The maximum atomic E-state index is 7.19. The van der Waals surface area contributed by atoms with E-state index in [9.17, 15) is 0 Å². The van der Waals surface area contributed by atoms with Gasteiger partial charge in [-0.1, -0.05) is 193 Å². The molecule has 0 aliphatic carbocycles. The van der Waals surface area contributed by atoms with Crippen LogP contribution in [0.4, 0.5) is 22.7 Å². The van der Waals surface area contributed by atoms with Crippen molar-refractivity contribution in [1.82, 2.24) is 9.55 Å². The van der Waals surface area contributed by atoms with Crippen LogP contribution in [0.2, 0.25) is 6.55 Å². The van der Waals surface area contributed by atoms with Crippen LogP contribution < -0.4 is 30.1 Å². The third-order valence-electron chi connectivity index (χ3n) is 15.5. The van der Waals surface area contributed by atoms with Gasteiger partial charge in [0.15, 0.2) is 0 Å². The van der Waals surface area contributed by atoms with Gasteiger partial charge in [-0.3, -0.25) is 0 Å². The van der Waals surface area contributed by atoms with E-state index < -0.39 is 8.07 Å². The fraction of sp³-hybridized carbons (Fsp3) is 0.130. The molecule has 0 amide bonds. The van der Waals surface area contributed by atoms with E-state index in [4.69, 9.17) is 9.72 Å². The van der Waals surface area contributed by atoms with E-state index in [1.165, 1.54) is 48.9 Å². The van der Waals surface area contributed by atoms with Crippen LogP contribution in [0.5, 0.6) is 11.5 Å². The summed E-state index contributed by atoms with van der Waals surface area (Å²) in [6, 6.07) is 82.6. The van der Waals surface area contributed by atoms with Gasteiger partial charge < -0.3 is 19.1 Å². The molecule has 0 unspecified atom stereocenters. The topological polar surface area (TPSA) is 33.5 Å². The van der Waals surface area contributed by atoms with Crippen LogP contribution in [-0.4, -0.2) is 17.6 Å². The Morgan fingerprint density at radius 3 is 1.70 bits per heavy atom. The number of benzene rings is 9. The van der Waals surface area contributed by atoms with E-state index in [-0.39, 0.29) is 31.9 Å². The van der Waals surface area contributed by atoms with Crippen molar-refractivity contribution in [2.24, 2.45) is 0 Å². The van der Waals surface area contributed by atoms with Gasteiger partial charge in [-0.15, -0.1) is 48.1 Å². The molecule has 0 bridgehead atoms. The van der Waals surface area contributed by atoms with Gasteiger partial charge in [0.1, 0.15) is 13.9 Å². The molecule has 2 aliphatic heterocycles. The second-order valence-electron chi connectivity index (χ2n) is 22.3. The zero-order chi connectivity index (χ0) is 51.2. The number of ether oxygens (including phenoxy) is 1. The van der Waals surface area contributed by atoms with Crippen molar-refractivity contribution in [2.45, 2.75) is 58.9 Å². The summed E-state index contributed by atoms with van der Waals surface area (Å²) in [5, 5.41) is 6.24. The van der Waals surface area contributed by atoms with Crippen molar-refractivity contribution < 1.29 is 25.8 Å². The molecule has 5 nitrogen and oxygen atoms in total. The van der Waals surface area contributed by atoms with Crippen molar-refractivity contribution in [2.75, 3.05) is 9.80 Å². The molecule has 0 spiro atoms. The third kappa shape index (κ3) is 8.21. The summed E-state index contributed by atoms with van der Waals surface area (Å²) in [6.07, 6.45) is 1.92. The summed E-state index contributed by atoms with van der Waals surface area (Å²) >= 11 is 0. The Morgan fingerprint density at radius 1 is 0.500 bits per heavy atom. The largest absolute Gasteiger partial charge is 0.509 e. The zero-order valence-corrected chi connectivity index (χ0v) is 47.1. The molecule has 0 atom stereocenters. The Bertz CT molecular complexity index is 3920. The summed E-state index contributed by atoms with van der Waals surface area (Å²) in [7, 11) is -2.65. The summed E-state index contributed by atoms with van der Waals surface area (Å²) in [5.41, 5.74) is 15.7. The first-order chi connectivity index (χ1) is 36.3. The molecular weight excluding hydrogens is 1120 g/mol. The molecule has 0 saturated carbocycles. The second kappa shape index (κ2) is 18.8. The summed E-state index contributed by atoms with van der Waals surface area (Å²) in [4.78, 5) is 9.67. The molecule has 9 aromatic carbocycles. The summed E-state index contributed by atoms with van der Waals surface area (Å²) < 4.78 is 9.42. The Morgan fingerprint density at radius 2 is 1.07 bits per heavy atom. The number of nitrogens with zero attached hydrogens (tertiary/aromatic N) is 4. The smallest absolute Gasteiger partial charge is 0.135 e. The Hall–Kier alpha value is -7.76. The van der Waals surface area contributed by atoms with E-state index in [0.717, 1.165) is 61.5 Å². The van der Waals surface area contributed by atoms with Crippen LogP contribution in [-0.2, 0) is 31.9 Å². The van der Waals surface area contributed by atoms with Gasteiger partial charge in [-0.05, 0) is 102 Å². The predicted molar refractivity (Wildman–Crippen MR) is 315 cm³/mol. The van der Waals surface area contributed by atoms with Gasteiger partial charge in [0.05, 0.1) is 0 Å². The maximum absolute atomic E-state index is 7.19. The minimum atomic E-state index is -2.65. The average molecular weight is 1180 g/mol. The monoisotopic (exact) mass is 1180 g/mol. The number of rotatable bonds is 8. The molecular formula is C69H57N4OPtSi-3. The zero-order valence-electron chi connectivity index (χ0n) is 43.8. The van der Waals surface area contributed by atoms with Gasteiger partial charge in [0.25, 0.3) is 0 Å². The molecule has 0 radical (unpaired) electrons. The van der Waals surface area contributed by atoms with Crippen molar-refractivity contribution in [1.29, 1.82) is 0 Å². The molecule has 2 aliphatic rings. The quantitative estimate of drug-likeness (QED) is 0.112. The van der Waals surface area contributed by atoms with Crippen LogP contribution in [0.15, 0.2) is 212 Å². The first-order valence-electron chi connectivity index (χ1n) is 26.0. The molecule has 11 aromatic rings. The minimum Gasteiger partial charge on any atom is -0.509 e. The number of pyridine rings is 1. The first-order valence-corrected chi connectivity index (χ1v) is 28.5. The fourth-order valence-electron chi connectivity index (χ4n) is 11.5. The molecule has 0 saturated heterocycles. The second-order valence-corrected chi connectivity index (χ2v) is 26.2. The first kappa shape index (κ1) is 49.1. The SMILES string of the molecule is CC(C)(C)c1ccnc(-n2c3[c-]c(Oc4[c-]c(N5[CH-]N(c6c(-c7ccccc7)cc(C(C)(C)C)cc6-c6ccccc6)c6ccccc65)cc([Si]5(C)c6ccccc6-c6ccccc65)c4)ccc3c3ccccc32)c1.[Pt]. The van der Waals surface area contributed by atoms with E-state index >= 15 is 0 Å². The summed E-state index contributed by atoms with van der Waals surface area (Å²) in [5.74, 6) is 2.07. The number of para-hydroxylation sites is 3. The number of hydrogen-bond donors (Lipinski definition) is 0. The molecule has 76 heavy (non-hydrogen) atoms. The third-order valence-corrected chi connectivity index (χ3v) is 20.0. The van der Waals surface area contributed by atoms with Crippen LogP contribution in [0.1, 0.15) is 52.7 Å². The van der Waals surface area contributed by atoms with E-state index in [1.807, 2.05) is 12.3 Å². The van der Waals surface area contributed by atoms with Crippen molar-refractivity contribution in [3.8, 4) is 50.7 Å². The number of aromatic nitrogens is 2. The standard InChI is InChI=1S/C69H57N4OSi.Pt/c1-68(2,3)48-36-37-70-66(40-48)73-60-29-17-14-26-54(60)55-35-34-51(44-63(55)73)74-52-41-50(42-53(43-52)75(7)64-32-20-15-27-56(64)57-28-16-21-33-65(57)75)71-45-72(62-31-19-18-30-61(62)71)67-58(46-22-10-8-11-23-46)38-49(69(4,5)6)39-59(67)47-24-12-9-13-25-47;/h8-40,42-43,45H,1-7H3;/q-3;. The van der Waals surface area contributed by atoms with Crippen molar-refractivity contribution in [3.63, 3.8) is 0 Å².